The van der Waals surface area contributed by atoms with Crippen LogP contribution in [0, 0.1) is 0 Å². The van der Waals surface area contributed by atoms with Crippen LogP contribution in [0.15, 0.2) is 0 Å². The summed E-state index contributed by atoms with van der Waals surface area (Å²) in [6, 6.07) is 0. The van der Waals surface area contributed by atoms with Crippen molar-refractivity contribution in [1.82, 2.24) is 0 Å². The van der Waals surface area contributed by atoms with Crippen molar-refractivity contribution in [2.45, 2.75) is 0 Å². The van der Waals surface area contributed by atoms with Crippen molar-refractivity contribution in [1.29, 1.82) is 0 Å². The maximum Gasteiger partial charge on any atom is 0.0311 e. The molecule has 0 saturated heterocycles. The molecule has 4 nitrogen and oxygen atoms in total. The highest BCUT2D eigenvalue weighted by Gasteiger charge is 1.49. The van der Waals surface area contributed by atoms with Gasteiger partial charge in [-0.15, -0.1) is 0 Å². The van der Waals surface area contributed by atoms with Crippen molar-refractivity contribution < 1.29 is 22.2 Å². The summed E-state index contributed by atoms with van der Waals surface area (Å²) < 4.78 is 34.1. The van der Waals surface area contributed by atoms with Crippen molar-refractivity contribution in [3.8, 4) is 0 Å². The van der Waals surface area contributed by atoms with E-state index < -0.39 is 10.4 Å². The van der Waals surface area contributed by atoms with Gasteiger partial charge in [-0.05, 0) is 0 Å². The van der Waals surface area contributed by atoms with Crippen LogP contribution in [0.5, 0.6) is 0 Å². The van der Waals surface area contributed by atoms with Gasteiger partial charge in [0.2, 0.25) is 0 Å². The van der Waals surface area contributed by atoms with Gasteiger partial charge in [0.25, 0.3) is 0 Å². The molecule has 0 amide bonds. The molecule has 0 N–H and O–H groups in total. The van der Waals surface area contributed by atoms with Crippen molar-refractivity contribution in [2.75, 3.05) is 0 Å². The van der Waals surface area contributed by atoms with Gasteiger partial charge >= 0.3 is 0 Å². The normalized spacial score (nSPS) is 9.67. The lowest BCUT2D eigenvalue weighted by Crippen LogP contribution is -3.00. The maximum absolute atomic E-state index is 8.52. The quantitative estimate of drug-likeness (QED) is 0.236. The van der Waals surface area contributed by atoms with Crippen LogP contribution in [0.4, 0.5) is 0 Å². The Morgan fingerprint density at radius 3 is 1.17 bits per heavy atom. The Morgan fingerprint density at radius 2 is 1.17 bits per heavy atom. The fourth-order valence-corrected chi connectivity index (χ4v) is 0. The summed E-state index contributed by atoms with van der Waals surface area (Å²) in [5, 5.41) is 0. The molecular weight excluding hydrogens is 115 g/mol. The summed E-state index contributed by atoms with van der Waals surface area (Å²) in [5.41, 5.74) is 0. The number of hydrogen-bond acceptors (Lipinski definition) is 4. The Balaban J connectivity index is 0. The average Bonchev–Trinajstić information content (AvgIpc) is 0.722. The Kier molecular flexibility index (Phi) is 3.18. The monoisotopic (exact) mass is 115 g/mol. The van der Waals surface area contributed by atoms with E-state index in [9.17, 15) is 0 Å². The molecule has 0 spiro atoms. The van der Waals surface area contributed by atoms with E-state index in [0.717, 1.165) is 0 Å². The lowest BCUT2D eigenvalue weighted by atomic mass is 15.8. The van der Waals surface area contributed by atoms with E-state index in [2.05, 4.69) is 0 Å². The van der Waals surface area contributed by atoms with Gasteiger partial charge in [-0.3, -0.25) is 8.42 Å². The highest BCUT2D eigenvalue weighted by Crippen LogP contribution is 1.57. The van der Waals surface area contributed by atoms with Gasteiger partial charge in [0.05, 0.1) is 0 Å². The van der Waals surface area contributed by atoms with Gasteiger partial charge in [-0.2, -0.15) is 0 Å². The number of halogens is 1. The van der Waals surface area contributed by atoms with E-state index in [1.54, 1.807) is 0 Å². The molecule has 0 aromatic carbocycles. The summed E-state index contributed by atoms with van der Waals surface area (Å²) in [6.07, 6.45) is 0. The topological polar surface area (TPSA) is 80.3 Å². The molecule has 0 fully saturated rings. The Bertz CT molecular complexity index is 90.7. The summed E-state index contributed by atoms with van der Waals surface area (Å²) in [6.45, 7) is 0. The van der Waals surface area contributed by atoms with E-state index in [-0.39, 0.29) is 4.70 Å². The van der Waals surface area contributed by atoms with Gasteiger partial charge in [0.15, 0.2) is 0 Å². The molecule has 0 saturated carbocycles. The second kappa shape index (κ2) is 2.06. The van der Waals surface area contributed by atoms with E-state index in [0.29, 0.717) is 0 Å². The highest BCUT2D eigenvalue weighted by molar-refractivity contribution is 7.79. The van der Waals surface area contributed by atoms with Crippen LogP contribution in [0.1, 0.15) is 0 Å². The third kappa shape index (κ3) is 745. The van der Waals surface area contributed by atoms with Crippen LogP contribution in [-0.2, 0) is 10.4 Å². The average molecular weight is 115 g/mol. The van der Waals surface area contributed by atoms with Crippen LogP contribution in [0.25, 0.3) is 0 Å². The molecular formula is FO4S-3. The molecule has 40 valence electrons. The SMILES string of the molecule is O=S(=O)([O-])[O-].[F-]. The zero-order valence-corrected chi connectivity index (χ0v) is 3.24. The summed E-state index contributed by atoms with van der Waals surface area (Å²) >= 11 is 0. The summed E-state index contributed by atoms with van der Waals surface area (Å²) in [7, 11) is -5.17. The van der Waals surface area contributed by atoms with E-state index >= 15 is 0 Å². The van der Waals surface area contributed by atoms with E-state index in [1.165, 1.54) is 0 Å². The zero-order valence-electron chi connectivity index (χ0n) is 2.42. The standard InChI is InChI=1S/FH.H2O4S/c;1-5(2,3)4/h1H;(H2,1,2,3,4)/p-3. The van der Waals surface area contributed by atoms with Gasteiger partial charge in [-0.1, -0.05) is 0 Å². The van der Waals surface area contributed by atoms with Gasteiger partial charge in [0.1, 0.15) is 0 Å². The highest BCUT2D eigenvalue weighted by atomic mass is 32.3. The first-order chi connectivity index (χ1) is 2.00. The van der Waals surface area contributed by atoms with Crippen molar-refractivity contribution in [3.05, 3.63) is 0 Å². The van der Waals surface area contributed by atoms with Gasteiger partial charge < -0.3 is 13.8 Å². The summed E-state index contributed by atoms with van der Waals surface area (Å²) in [4.78, 5) is 0. The van der Waals surface area contributed by atoms with Crippen molar-refractivity contribution in [3.63, 3.8) is 0 Å². The molecule has 0 atom stereocenters. The molecule has 0 aromatic heterocycles. The molecule has 6 heteroatoms. The third-order valence-corrected chi connectivity index (χ3v) is 0. The summed E-state index contributed by atoms with van der Waals surface area (Å²) in [5.74, 6) is 0. The molecule has 0 aliphatic heterocycles. The van der Waals surface area contributed by atoms with Crippen molar-refractivity contribution in [2.24, 2.45) is 0 Å². The van der Waals surface area contributed by atoms with Crippen LogP contribution >= 0.6 is 0 Å². The van der Waals surface area contributed by atoms with Crippen molar-refractivity contribution >= 4 is 10.4 Å². The molecule has 0 rings (SSSR count). The Morgan fingerprint density at radius 1 is 1.17 bits per heavy atom. The van der Waals surface area contributed by atoms with Gasteiger partial charge in [0, 0.05) is 10.4 Å². The molecule has 6 heavy (non-hydrogen) atoms. The first kappa shape index (κ1) is 9.25. The Labute approximate surface area is 33.7 Å². The molecule has 0 heterocycles. The fourth-order valence-electron chi connectivity index (χ4n) is 0. The molecule has 0 aromatic rings. The minimum atomic E-state index is -5.17. The first-order valence-corrected chi connectivity index (χ1v) is 2.00. The number of rotatable bonds is 0. The Hall–Kier alpha value is -0.200. The minimum Gasteiger partial charge on any atom is -1.00 e. The maximum atomic E-state index is 8.52. The van der Waals surface area contributed by atoms with Crippen LogP contribution in [0.3, 0.4) is 0 Å². The first-order valence-electron chi connectivity index (χ1n) is 0.667. The van der Waals surface area contributed by atoms with Crippen LogP contribution in [0.2, 0.25) is 0 Å². The molecule has 0 aliphatic rings. The third-order valence-electron chi connectivity index (χ3n) is 0. The molecule has 0 radical (unpaired) electrons. The van der Waals surface area contributed by atoms with Gasteiger partial charge in [-0.25, -0.2) is 0 Å². The smallest absolute Gasteiger partial charge is 0.0311 e. The second-order valence-corrected chi connectivity index (χ2v) is 1.22. The molecule has 0 bridgehead atoms. The largest absolute Gasteiger partial charge is 1.00 e. The number of hydrogen-bond donors (Lipinski definition) is 0. The lowest BCUT2D eigenvalue weighted by molar-refractivity contribution is -0.00000836. The fraction of sp³-hybridized carbons (Fsp3) is 0. The lowest BCUT2D eigenvalue weighted by Gasteiger charge is -2.06. The molecule has 0 unspecified atom stereocenters. The van der Waals surface area contributed by atoms with E-state index in [4.69, 9.17) is 17.5 Å². The second-order valence-electron chi connectivity index (χ2n) is 0.408. The van der Waals surface area contributed by atoms with E-state index in [1.807, 2.05) is 0 Å². The zero-order chi connectivity index (χ0) is 4.50. The molecule has 0 aliphatic carbocycles. The van der Waals surface area contributed by atoms with Crippen LogP contribution < -0.4 is 4.70 Å². The minimum absolute atomic E-state index is 0. The predicted octanol–water partition coefficient (Wildman–Crippen LogP) is -4.33. The van der Waals surface area contributed by atoms with Crippen LogP contribution in [-0.4, -0.2) is 17.5 Å². The predicted molar refractivity (Wildman–Crippen MR) is 10.5 cm³/mol.